The third-order valence-electron chi connectivity index (χ3n) is 3.12. The first-order valence-corrected chi connectivity index (χ1v) is 7.46. The molecule has 1 atom stereocenters. The third-order valence-corrected chi connectivity index (χ3v) is 3.84. The molecule has 1 aromatic carbocycles. The Kier molecular flexibility index (Phi) is 4.14. The number of fused-ring (bicyclic) bond motifs is 1. The maximum atomic E-state index is 9.48. The minimum absolute atomic E-state index is 0.0422. The molecule has 5 heteroatoms. The van der Waals surface area contributed by atoms with Crippen molar-refractivity contribution in [2.45, 2.75) is 26.0 Å². The van der Waals surface area contributed by atoms with Crippen LogP contribution in [0.3, 0.4) is 0 Å². The van der Waals surface area contributed by atoms with E-state index in [2.05, 4.69) is 22.7 Å². The number of aliphatic hydroxyl groups is 1. The molecule has 18 heavy (non-hydrogen) atoms. The summed E-state index contributed by atoms with van der Waals surface area (Å²) in [5, 5.41) is 9.48. The number of benzene rings is 1. The average molecular weight is 265 g/mol. The zero-order valence-electron chi connectivity index (χ0n) is 10.8. The maximum absolute atomic E-state index is 9.48. The van der Waals surface area contributed by atoms with Gasteiger partial charge in [-0.05, 0) is 30.9 Å². The summed E-state index contributed by atoms with van der Waals surface area (Å²) >= 11 is 1.81. The summed E-state index contributed by atoms with van der Waals surface area (Å²) in [5.41, 5.74) is 8.39. The Balaban J connectivity index is 2.58. The molecule has 2 aromatic rings. The summed E-state index contributed by atoms with van der Waals surface area (Å²) in [7, 11) is 0. The van der Waals surface area contributed by atoms with Crippen molar-refractivity contribution >= 4 is 28.5 Å². The van der Waals surface area contributed by atoms with Gasteiger partial charge in [-0.15, -0.1) is 0 Å². The summed E-state index contributed by atoms with van der Waals surface area (Å²) in [5.74, 6) is 1.73. The Morgan fingerprint density at radius 3 is 2.89 bits per heavy atom. The number of aliphatic hydroxyl groups excluding tert-OH is 1. The van der Waals surface area contributed by atoms with Crippen LogP contribution in [-0.4, -0.2) is 26.7 Å². The first-order chi connectivity index (χ1) is 8.71. The van der Waals surface area contributed by atoms with Crippen molar-refractivity contribution in [2.75, 3.05) is 17.7 Å². The lowest BCUT2D eigenvalue weighted by Gasteiger charge is -2.19. The number of rotatable bonds is 5. The van der Waals surface area contributed by atoms with Crippen LogP contribution in [0.1, 0.15) is 25.2 Å². The summed E-state index contributed by atoms with van der Waals surface area (Å²) in [6.07, 6.45) is 3.11. The van der Waals surface area contributed by atoms with Crippen LogP contribution in [0, 0.1) is 0 Å². The number of nitrogens with zero attached hydrogens (tertiary/aromatic N) is 2. The van der Waals surface area contributed by atoms with Gasteiger partial charge >= 0.3 is 0 Å². The Labute approximate surface area is 111 Å². The number of nitrogens with two attached hydrogens (primary N) is 1. The van der Waals surface area contributed by atoms with Gasteiger partial charge < -0.3 is 15.4 Å². The Morgan fingerprint density at radius 2 is 2.28 bits per heavy atom. The van der Waals surface area contributed by atoms with E-state index in [9.17, 15) is 5.11 Å². The molecule has 0 amide bonds. The highest BCUT2D eigenvalue weighted by Gasteiger charge is 2.17. The van der Waals surface area contributed by atoms with E-state index in [4.69, 9.17) is 5.73 Å². The molecule has 0 saturated carbocycles. The van der Waals surface area contributed by atoms with Gasteiger partial charge in [-0.2, -0.15) is 11.8 Å². The predicted octanol–water partition coefficient (Wildman–Crippen LogP) is 2.42. The molecule has 0 radical (unpaired) electrons. The van der Waals surface area contributed by atoms with Gasteiger partial charge in [-0.3, -0.25) is 0 Å². The van der Waals surface area contributed by atoms with Crippen molar-refractivity contribution in [1.82, 2.24) is 9.55 Å². The van der Waals surface area contributed by atoms with E-state index in [1.807, 2.05) is 30.0 Å². The van der Waals surface area contributed by atoms with Gasteiger partial charge in [0.25, 0.3) is 0 Å². The van der Waals surface area contributed by atoms with Crippen LogP contribution >= 0.6 is 11.8 Å². The van der Waals surface area contributed by atoms with E-state index in [1.54, 1.807) is 0 Å². The molecule has 1 aromatic heterocycles. The van der Waals surface area contributed by atoms with E-state index in [1.165, 1.54) is 0 Å². The van der Waals surface area contributed by atoms with Gasteiger partial charge in [0.15, 0.2) is 0 Å². The molecule has 0 aliphatic rings. The predicted molar refractivity (Wildman–Crippen MR) is 77.8 cm³/mol. The average Bonchev–Trinajstić information content (AvgIpc) is 2.73. The smallest absolute Gasteiger partial charge is 0.135 e. The van der Waals surface area contributed by atoms with Crippen LogP contribution in [-0.2, 0) is 6.61 Å². The summed E-state index contributed by atoms with van der Waals surface area (Å²) in [6, 6.07) is 6.08. The van der Waals surface area contributed by atoms with Crippen LogP contribution in [0.2, 0.25) is 0 Å². The number of hydrogen-bond acceptors (Lipinski definition) is 4. The molecule has 0 bridgehead atoms. The normalized spacial score (nSPS) is 13.1. The van der Waals surface area contributed by atoms with E-state index in [0.29, 0.717) is 11.7 Å². The van der Waals surface area contributed by atoms with Crippen molar-refractivity contribution in [3.63, 3.8) is 0 Å². The molecule has 4 nitrogen and oxygen atoms in total. The third kappa shape index (κ3) is 2.33. The van der Waals surface area contributed by atoms with Crippen LogP contribution in [0.5, 0.6) is 0 Å². The topological polar surface area (TPSA) is 64.1 Å². The minimum Gasteiger partial charge on any atom is -0.399 e. The van der Waals surface area contributed by atoms with Crippen molar-refractivity contribution in [3.8, 4) is 0 Å². The maximum Gasteiger partial charge on any atom is 0.135 e. The standard InChI is InChI=1S/C13H19N3OS/c1-3-10(8-18-2)16-12-5-4-9(14)6-11(12)15-13(16)7-17/h4-6,10,17H,3,7-8,14H2,1-2H3. The van der Waals surface area contributed by atoms with Crippen LogP contribution in [0.4, 0.5) is 5.69 Å². The summed E-state index contributed by atoms with van der Waals surface area (Å²) in [4.78, 5) is 4.47. The summed E-state index contributed by atoms with van der Waals surface area (Å²) in [6.45, 7) is 2.12. The van der Waals surface area contributed by atoms with Crippen molar-refractivity contribution in [1.29, 1.82) is 0 Å². The molecular formula is C13H19N3OS. The molecule has 0 spiro atoms. The number of hydrogen-bond donors (Lipinski definition) is 2. The van der Waals surface area contributed by atoms with E-state index >= 15 is 0 Å². The molecule has 0 aliphatic carbocycles. The van der Waals surface area contributed by atoms with Gasteiger partial charge in [-0.25, -0.2) is 4.98 Å². The first-order valence-electron chi connectivity index (χ1n) is 6.07. The molecule has 1 unspecified atom stereocenters. The second-order valence-corrected chi connectivity index (χ2v) is 5.23. The van der Waals surface area contributed by atoms with Crippen LogP contribution < -0.4 is 5.73 Å². The second kappa shape index (κ2) is 5.63. The number of thioether (sulfide) groups is 1. The monoisotopic (exact) mass is 265 g/mol. The van der Waals surface area contributed by atoms with Crippen molar-refractivity contribution in [3.05, 3.63) is 24.0 Å². The SMILES string of the molecule is CCC(CSC)n1c(CO)nc2cc(N)ccc21. The van der Waals surface area contributed by atoms with Crippen LogP contribution in [0.15, 0.2) is 18.2 Å². The zero-order valence-corrected chi connectivity index (χ0v) is 11.6. The highest BCUT2D eigenvalue weighted by Crippen LogP contribution is 2.26. The van der Waals surface area contributed by atoms with E-state index in [0.717, 1.165) is 29.0 Å². The number of imidazole rings is 1. The van der Waals surface area contributed by atoms with Gasteiger partial charge in [0.05, 0.1) is 11.0 Å². The van der Waals surface area contributed by atoms with E-state index < -0.39 is 0 Å². The lowest BCUT2D eigenvalue weighted by atomic mass is 10.2. The summed E-state index contributed by atoms with van der Waals surface area (Å²) < 4.78 is 2.14. The van der Waals surface area contributed by atoms with Crippen LogP contribution in [0.25, 0.3) is 11.0 Å². The second-order valence-electron chi connectivity index (χ2n) is 4.32. The number of nitrogen functional groups attached to an aromatic ring is 1. The van der Waals surface area contributed by atoms with Crippen molar-refractivity contribution < 1.29 is 5.11 Å². The fourth-order valence-corrected chi connectivity index (χ4v) is 3.02. The van der Waals surface area contributed by atoms with Gasteiger partial charge in [0.1, 0.15) is 12.4 Å². The molecule has 2 rings (SSSR count). The molecule has 3 N–H and O–H groups in total. The van der Waals surface area contributed by atoms with Gasteiger partial charge in [-0.1, -0.05) is 6.92 Å². The molecule has 1 heterocycles. The molecule has 0 aliphatic heterocycles. The molecule has 98 valence electrons. The molecular weight excluding hydrogens is 246 g/mol. The highest BCUT2D eigenvalue weighted by atomic mass is 32.2. The van der Waals surface area contributed by atoms with Crippen molar-refractivity contribution in [2.24, 2.45) is 0 Å². The fourth-order valence-electron chi connectivity index (χ4n) is 2.25. The Hall–Kier alpha value is -1.20. The largest absolute Gasteiger partial charge is 0.399 e. The molecule has 0 fully saturated rings. The zero-order chi connectivity index (χ0) is 13.1. The van der Waals surface area contributed by atoms with Gasteiger partial charge in [0, 0.05) is 17.5 Å². The lowest BCUT2D eigenvalue weighted by molar-refractivity contribution is 0.262. The fraction of sp³-hybridized carbons (Fsp3) is 0.462. The molecule has 0 saturated heterocycles. The number of aromatic nitrogens is 2. The quantitative estimate of drug-likeness (QED) is 0.815. The Bertz CT molecular complexity index is 538. The minimum atomic E-state index is -0.0422. The van der Waals surface area contributed by atoms with Gasteiger partial charge in [0.2, 0.25) is 0 Å². The first kappa shape index (κ1) is 13.2. The number of anilines is 1. The Morgan fingerprint density at radius 1 is 1.50 bits per heavy atom. The lowest BCUT2D eigenvalue weighted by Crippen LogP contribution is -2.14. The van der Waals surface area contributed by atoms with E-state index in [-0.39, 0.29) is 6.61 Å². The highest BCUT2D eigenvalue weighted by molar-refractivity contribution is 7.98.